The molecule has 1 amide bonds. The first-order valence-electron chi connectivity index (χ1n) is 6.62. The number of halogens is 4. The summed E-state index contributed by atoms with van der Waals surface area (Å²) >= 11 is 0. The highest BCUT2D eigenvalue weighted by atomic mass is 19.4. The molecule has 1 aliphatic heterocycles. The number of oxime groups is 1. The molecule has 11 heteroatoms. The predicted octanol–water partition coefficient (Wildman–Crippen LogP) is 2.09. The molecular weight excluding hydrogens is 334 g/mol. The Kier molecular flexibility index (Phi) is 3.91. The van der Waals surface area contributed by atoms with E-state index < -0.39 is 35.8 Å². The SMILES string of the molecule is O=C(Nc1n[nH]c(C(F)(F)F)n1)[C@@H]1CC(c2cccc(F)c2)=NO1. The van der Waals surface area contributed by atoms with Crippen molar-refractivity contribution in [3.05, 3.63) is 41.5 Å². The minimum absolute atomic E-state index is 0.0336. The zero-order chi connectivity index (χ0) is 17.3. The number of amides is 1. The van der Waals surface area contributed by atoms with Crippen molar-refractivity contribution < 1.29 is 27.2 Å². The summed E-state index contributed by atoms with van der Waals surface area (Å²) in [4.78, 5) is 20.0. The second-order valence-corrected chi connectivity index (χ2v) is 4.84. The molecule has 2 heterocycles. The lowest BCUT2D eigenvalue weighted by Crippen LogP contribution is -2.28. The average molecular weight is 343 g/mol. The minimum Gasteiger partial charge on any atom is -0.382 e. The topological polar surface area (TPSA) is 92.3 Å². The number of benzene rings is 1. The first kappa shape index (κ1) is 15.9. The fourth-order valence-electron chi connectivity index (χ4n) is 1.99. The molecule has 0 fully saturated rings. The summed E-state index contributed by atoms with van der Waals surface area (Å²) < 4.78 is 50.3. The van der Waals surface area contributed by atoms with Gasteiger partial charge in [0, 0.05) is 12.0 Å². The largest absolute Gasteiger partial charge is 0.451 e. The third-order valence-corrected chi connectivity index (χ3v) is 3.11. The number of nitrogens with zero attached hydrogens (tertiary/aromatic N) is 3. The smallest absolute Gasteiger partial charge is 0.382 e. The van der Waals surface area contributed by atoms with Gasteiger partial charge in [-0.1, -0.05) is 17.3 Å². The Morgan fingerprint density at radius 2 is 2.17 bits per heavy atom. The van der Waals surface area contributed by atoms with Gasteiger partial charge in [0.25, 0.3) is 5.91 Å². The van der Waals surface area contributed by atoms with E-state index in [1.54, 1.807) is 11.2 Å². The summed E-state index contributed by atoms with van der Waals surface area (Å²) in [7, 11) is 0. The maximum absolute atomic E-state index is 13.2. The van der Waals surface area contributed by atoms with Gasteiger partial charge in [-0.15, -0.1) is 5.10 Å². The van der Waals surface area contributed by atoms with Gasteiger partial charge in [0.1, 0.15) is 5.82 Å². The van der Waals surface area contributed by atoms with Crippen LogP contribution in [0.15, 0.2) is 29.4 Å². The van der Waals surface area contributed by atoms with Crippen molar-refractivity contribution in [2.24, 2.45) is 5.16 Å². The second kappa shape index (κ2) is 5.91. The summed E-state index contributed by atoms with van der Waals surface area (Å²) in [6.45, 7) is 0. The molecule has 7 nitrogen and oxygen atoms in total. The second-order valence-electron chi connectivity index (χ2n) is 4.84. The lowest BCUT2D eigenvalue weighted by atomic mass is 10.0. The number of carbonyl (C=O) groups excluding carboxylic acids is 1. The van der Waals surface area contributed by atoms with Crippen molar-refractivity contribution in [2.75, 3.05) is 5.32 Å². The lowest BCUT2D eigenvalue weighted by Gasteiger charge is -2.06. The Bertz CT molecular complexity index is 802. The number of alkyl halides is 3. The number of hydrogen-bond donors (Lipinski definition) is 2. The van der Waals surface area contributed by atoms with Gasteiger partial charge < -0.3 is 4.84 Å². The van der Waals surface area contributed by atoms with Gasteiger partial charge >= 0.3 is 6.18 Å². The summed E-state index contributed by atoms with van der Waals surface area (Å²) in [6.07, 6.45) is -5.74. The quantitative estimate of drug-likeness (QED) is 0.835. The van der Waals surface area contributed by atoms with E-state index in [4.69, 9.17) is 4.84 Å². The van der Waals surface area contributed by atoms with Crippen molar-refractivity contribution in [3.63, 3.8) is 0 Å². The van der Waals surface area contributed by atoms with Crippen LogP contribution < -0.4 is 5.32 Å². The molecule has 0 bridgehead atoms. The van der Waals surface area contributed by atoms with Gasteiger partial charge in [-0.25, -0.2) is 4.39 Å². The summed E-state index contributed by atoms with van der Waals surface area (Å²) in [5.41, 5.74) is 0.795. The highest BCUT2D eigenvalue weighted by Crippen LogP contribution is 2.26. The van der Waals surface area contributed by atoms with Crippen LogP contribution in [0.1, 0.15) is 17.8 Å². The molecule has 126 valence electrons. The number of hydrogen-bond acceptors (Lipinski definition) is 5. The Hall–Kier alpha value is -2.98. The Morgan fingerprint density at radius 1 is 1.38 bits per heavy atom. The highest BCUT2D eigenvalue weighted by Gasteiger charge is 2.36. The Balaban J connectivity index is 1.63. The molecule has 1 aromatic carbocycles. The number of carbonyl (C=O) groups is 1. The number of rotatable bonds is 3. The molecule has 1 atom stereocenters. The summed E-state index contributed by atoms with van der Waals surface area (Å²) in [5, 5.41) is 10.7. The highest BCUT2D eigenvalue weighted by molar-refractivity contribution is 6.05. The van der Waals surface area contributed by atoms with Crippen LogP contribution in [-0.2, 0) is 15.8 Å². The fraction of sp³-hybridized carbons (Fsp3) is 0.231. The van der Waals surface area contributed by atoms with Crippen molar-refractivity contribution in [1.82, 2.24) is 15.2 Å². The van der Waals surface area contributed by atoms with Crippen LogP contribution in [0.4, 0.5) is 23.5 Å². The molecule has 0 aliphatic carbocycles. The van der Waals surface area contributed by atoms with Gasteiger partial charge in [0.2, 0.25) is 17.9 Å². The van der Waals surface area contributed by atoms with E-state index >= 15 is 0 Å². The van der Waals surface area contributed by atoms with Gasteiger partial charge in [-0.05, 0) is 12.1 Å². The minimum atomic E-state index is -4.70. The molecule has 3 rings (SSSR count). The van der Waals surface area contributed by atoms with E-state index in [0.29, 0.717) is 11.3 Å². The maximum Gasteiger partial charge on any atom is 0.451 e. The molecule has 2 N–H and O–H groups in total. The molecule has 0 radical (unpaired) electrons. The van der Waals surface area contributed by atoms with Crippen LogP contribution in [0.2, 0.25) is 0 Å². The zero-order valence-electron chi connectivity index (χ0n) is 11.8. The molecular formula is C13H9F4N5O2. The molecule has 0 spiro atoms. The third-order valence-electron chi connectivity index (χ3n) is 3.11. The molecule has 0 saturated carbocycles. The summed E-state index contributed by atoms with van der Waals surface area (Å²) in [5.74, 6) is -3.10. The molecule has 0 saturated heterocycles. The standard InChI is InChI=1S/C13H9F4N5O2/c14-7-3-1-2-6(4-7)8-5-9(24-22-8)10(23)18-12-19-11(20-21-12)13(15,16)17/h1-4,9H,5H2,(H2,18,19,20,21,23)/t9-/m0/s1. The van der Waals surface area contributed by atoms with E-state index in [2.05, 4.69) is 20.6 Å². The van der Waals surface area contributed by atoms with E-state index in [1.165, 1.54) is 18.2 Å². The molecule has 24 heavy (non-hydrogen) atoms. The average Bonchev–Trinajstić information content (AvgIpc) is 3.15. The van der Waals surface area contributed by atoms with Crippen LogP contribution in [-0.4, -0.2) is 32.9 Å². The van der Waals surface area contributed by atoms with Gasteiger partial charge in [0.15, 0.2) is 0 Å². The number of anilines is 1. The predicted molar refractivity (Wildman–Crippen MR) is 72.4 cm³/mol. The van der Waals surface area contributed by atoms with Crippen LogP contribution in [0, 0.1) is 5.82 Å². The van der Waals surface area contributed by atoms with Gasteiger partial charge in [0.05, 0.1) is 5.71 Å². The monoisotopic (exact) mass is 343 g/mol. The van der Waals surface area contributed by atoms with E-state index in [9.17, 15) is 22.4 Å². The van der Waals surface area contributed by atoms with E-state index in [1.807, 2.05) is 0 Å². The zero-order valence-corrected chi connectivity index (χ0v) is 11.8. The van der Waals surface area contributed by atoms with Crippen molar-refractivity contribution in [1.29, 1.82) is 0 Å². The number of nitrogens with one attached hydrogen (secondary N) is 2. The van der Waals surface area contributed by atoms with E-state index in [-0.39, 0.29) is 6.42 Å². The van der Waals surface area contributed by atoms with Crippen LogP contribution >= 0.6 is 0 Å². The van der Waals surface area contributed by atoms with Gasteiger partial charge in [-0.3, -0.25) is 15.2 Å². The van der Waals surface area contributed by atoms with Crippen molar-refractivity contribution in [2.45, 2.75) is 18.7 Å². The van der Waals surface area contributed by atoms with Gasteiger partial charge in [-0.2, -0.15) is 18.2 Å². The van der Waals surface area contributed by atoms with Crippen LogP contribution in [0.3, 0.4) is 0 Å². The Labute approximate surface area is 131 Å². The molecule has 1 aliphatic rings. The third kappa shape index (κ3) is 3.34. The number of aromatic nitrogens is 3. The van der Waals surface area contributed by atoms with Crippen LogP contribution in [0.25, 0.3) is 0 Å². The Morgan fingerprint density at radius 3 is 2.83 bits per heavy atom. The lowest BCUT2D eigenvalue weighted by molar-refractivity contribution is -0.144. The first-order valence-corrected chi connectivity index (χ1v) is 6.62. The normalized spacial score (nSPS) is 17.3. The molecule has 1 aromatic heterocycles. The fourth-order valence-corrected chi connectivity index (χ4v) is 1.99. The number of aromatic amines is 1. The summed E-state index contributed by atoms with van der Waals surface area (Å²) in [6, 6.07) is 5.56. The van der Waals surface area contributed by atoms with Crippen molar-refractivity contribution in [3.8, 4) is 0 Å². The molecule has 2 aromatic rings. The molecule has 0 unspecified atom stereocenters. The number of H-pyrrole nitrogens is 1. The van der Waals surface area contributed by atoms with E-state index in [0.717, 1.165) is 0 Å². The first-order chi connectivity index (χ1) is 11.3. The van der Waals surface area contributed by atoms with Crippen molar-refractivity contribution >= 4 is 17.6 Å². The van der Waals surface area contributed by atoms with Crippen LogP contribution in [0.5, 0.6) is 0 Å². The maximum atomic E-state index is 13.2.